The number of alkyl halides is 3. The second kappa shape index (κ2) is 7.28. The van der Waals surface area contributed by atoms with Crippen molar-refractivity contribution in [1.82, 2.24) is 14.9 Å². The summed E-state index contributed by atoms with van der Waals surface area (Å²) >= 11 is 0. The average Bonchev–Trinajstić information content (AvgIpc) is 3.07. The highest BCUT2D eigenvalue weighted by molar-refractivity contribution is 5.79. The summed E-state index contributed by atoms with van der Waals surface area (Å²) < 4.78 is 61.1. The molecule has 32 heavy (non-hydrogen) atoms. The van der Waals surface area contributed by atoms with Gasteiger partial charge in [-0.2, -0.15) is 0 Å². The zero-order valence-electron chi connectivity index (χ0n) is 17.4. The van der Waals surface area contributed by atoms with Crippen LogP contribution >= 0.6 is 0 Å². The van der Waals surface area contributed by atoms with E-state index in [0.29, 0.717) is 0 Å². The molecule has 1 aromatic heterocycles. The molecule has 2 bridgehead atoms. The van der Waals surface area contributed by atoms with E-state index in [2.05, 4.69) is 19.6 Å². The summed E-state index contributed by atoms with van der Waals surface area (Å²) in [5.74, 6) is -0.537. The monoisotopic (exact) mass is 453 g/mol. The van der Waals surface area contributed by atoms with Crippen molar-refractivity contribution in [2.24, 2.45) is 0 Å². The molecule has 2 aromatic rings. The zero-order valence-corrected chi connectivity index (χ0v) is 17.4. The lowest BCUT2D eigenvalue weighted by Gasteiger charge is -2.70. The molecule has 172 valence electrons. The molecule has 10 heteroatoms. The fourth-order valence-electron chi connectivity index (χ4n) is 5.24. The van der Waals surface area contributed by atoms with Crippen LogP contribution in [0.1, 0.15) is 37.7 Å². The van der Waals surface area contributed by atoms with Gasteiger partial charge in [0.05, 0.1) is 29.8 Å². The van der Waals surface area contributed by atoms with Crippen LogP contribution in [-0.4, -0.2) is 46.2 Å². The number of carbonyl (C=O) groups excluding carboxylic acids is 1. The number of aryl methyl sites for hydroxylation is 1. The van der Waals surface area contributed by atoms with Gasteiger partial charge in [-0.15, -0.1) is 13.2 Å². The molecule has 6 rings (SSSR count). The standard InChI is InChI=1S/C22H23F4N3O3/c1-13-4-14(23)2-3-17(13)18-7-29(12-27-18)21-9-20(10-21,11-21)28-19(30)8-31-15-5-16(6-15)32-22(24,25)26/h2-4,7,12,15-16H,5-6,8-11H2,1H3,(H,28,30)/t15-,16+,20?,21?. The van der Waals surface area contributed by atoms with E-state index < -0.39 is 12.5 Å². The van der Waals surface area contributed by atoms with E-state index in [0.717, 1.165) is 36.1 Å². The fourth-order valence-corrected chi connectivity index (χ4v) is 5.24. The van der Waals surface area contributed by atoms with E-state index in [4.69, 9.17) is 4.74 Å². The maximum absolute atomic E-state index is 13.4. The number of hydrogen-bond acceptors (Lipinski definition) is 4. The van der Waals surface area contributed by atoms with Gasteiger partial charge in [0.2, 0.25) is 5.91 Å². The first-order valence-electron chi connectivity index (χ1n) is 10.5. The Morgan fingerprint density at radius 2 is 1.97 bits per heavy atom. The third-order valence-corrected chi connectivity index (χ3v) is 6.80. The highest BCUT2D eigenvalue weighted by atomic mass is 19.4. The van der Waals surface area contributed by atoms with Crippen molar-refractivity contribution in [1.29, 1.82) is 0 Å². The van der Waals surface area contributed by atoms with Crippen LogP contribution in [0.15, 0.2) is 30.7 Å². The van der Waals surface area contributed by atoms with Crippen LogP contribution in [0.25, 0.3) is 11.3 Å². The highest BCUT2D eigenvalue weighted by Crippen LogP contribution is 2.65. The van der Waals surface area contributed by atoms with Crippen LogP contribution in [0.2, 0.25) is 0 Å². The summed E-state index contributed by atoms with van der Waals surface area (Å²) in [6.07, 6.45) is 0.465. The molecule has 4 fully saturated rings. The molecule has 0 atom stereocenters. The summed E-state index contributed by atoms with van der Waals surface area (Å²) in [6.45, 7) is 1.68. The van der Waals surface area contributed by atoms with Crippen molar-refractivity contribution in [2.45, 2.75) is 68.7 Å². The molecule has 1 heterocycles. The van der Waals surface area contributed by atoms with Crippen molar-refractivity contribution >= 4 is 5.91 Å². The smallest absolute Gasteiger partial charge is 0.368 e. The number of benzene rings is 1. The first-order valence-corrected chi connectivity index (χ1v) is 10.5. The van der Waals surface area contributed by atoms with Crippen LogP contribution < -0.4 is 5.32 Å². The van der Waals surface area contributed by atoms with E-state index in [1.807, 2.05) is 13.1 Å². The Kier molecular flexibility index (Phi) is 4.86. The molecule has 0 radical (unpaired) electrons. The van der Waals surface area contributed by atoms with E-state index in [1.54, 1.807) is 12.4 Å². The normalized spacial score (nSPS) is 30.8. The molecule has 0 aliphatic heterocycles. The number of carbonyl (C=O) groups is 1. The fraction of sp³-hybridized carbons (Fsp3) is 0.545. The van der Waals surface area contributed by atoms with Gasteiger partial charge in [0.15, 0.2) is 0 Å². The topological polar surface area (TPSA) is 65.4 Å². The maximum Gasteiger partial charge on any atom is 0.522 e. The van der Waals surface area contributed by atoms with E-state index in [-0.39, 0.29) is 48.4 Å². The lowest BCUT2D eigenvalue weighted by Crippen LogP contribution is -2.78. The summed E-state index contributed by atoms with van der Waals surface area (Å²) in [5, 5.41) is 3.01. The van der Waals surface area contributed by atoms with Gasteiger partial charge in [-0.05, 0) is 49.9 Å². The molecule has 4 aliphatic carbocycles. The van der Waals surface area contributed by atoms with Crippen LogP contribution in [0.5, 0.6) is 0 Å². The third kappa shape index (κ3) is 3.90. The molecule has 0 saturated heterocycles. The maximum atomic E-state index is 13.4. The largest absolute Gasteiger partial charge is 0.522 e. The first-order chi connectivity index (χ1) is 15.0. The molecule has 4 aliphatic rings. The summed E-state index contributed by atoms with van der Waals surface area (Å²) in [4.78, 5) is 16.7. The summed E-state index contributed by atoms with van der Waals surface area (Å²) in [7, 11) is 0. The second-order valence-corrected chi connectivity index (χ2v) is 9.30. The third-order valence-electron chi connectivity index (χ3n) is 6.80. The van der Waals surface area contributed by atoms with Crippen molar-refractivity contribution in [3.8, 4) is 11.3 Å². The van der Waals surface area contributed by atoms with Crippen LogP contribution in [0, 0.1) is 12.7 Å². The van der Waals surface area contributed by atoms with Gasteiger partial charge in [0, 0.05) is 30.1 Å². The van der Waals surface area contributed by atoms with Gasteiger partial charge in [-0.25, -0.2) is 9.37 Å². The predicted molar refractivity (Wildman–Crippen MR) is 105 cm³/mol. The molecule has 1 aromatic carbocycles. The van der Waals surface area contributed by atoms with Gasteiger partial charge in [0.25, 0.3) is 0 Å². The van der Waals surface area contributed by atoms with Crippen molar-refractivity contribution in [3.63, 3.8) is 0 Å². The Labute approximate surface area is 181 Å². The molecule has 1 amide bonds. The number of imidazole rings is 1. The average molecular weight is 453 g/mol. The number of rotatable bonds is 7. The lowest BCUT2D eigenvalue weighted by atomic mass is 9.44. The second-order valence-electron chi connectivity index (χ2n) is 9.30. The number of hydrogen-bond donors (Lipinski definition) is 1. The van der Waals surface area contributed by atoms with Crippen molar-refractivity contribution in [3.05, 3.63) is 42.1 Å². The summed E-state index contributed by atoms with van der Waals surface area (Å²) in [6, 6.07) is 4.62. The number of aromatic nitrogens is 2. The molecule has 1 N–H and O–H groups in total. The van der Waals surface area contributed by atoms with E-state index >= 15 is 0 Å². The minimum absolute atomic E-state index is 0.0660. The minimum atomic E-state index is -4.64. The van der Waals surface area contributed by atoms with Gasteiger partial charge < -0.3 is 14.6 Å². The number of ether oxygens (including phenoxy) is 2. The van der Waals surface area contributed by atoms with Gasteiger partial charge in [-0.3, -0.25) is 9.53 Å². The number of amides is 1. The van der Waals surface area contributed by atoms with Gasteiger partial charge in [0.1, 0.15) is 12.4 Å². The molecular formula is C22H23F4N3O3. The van der Waals surface area contributed by atoms with Crippen molar-refractivity contribution in [2.75, 3.05) is 6.61 Å². The SMILES string of the molecule is Cc1cc(F)ccc1-c1cn(C23CC(NC(=O)CO[C@H]4C[C@@H](OC(F)(F)F)C4)(C2)C3)cn1. The Bertz CT molecular complexity index is 1030. The molecular weight excluding hydrogens is 430 g/mol. The highest BCUT2D eigenvalue weighted by Gasteiger charge is 2.69. The van der Waals surface area contributed by atoms with E-state index in [9.17, 15) is 22.4 Å². The molecule has 6 nitrogen and oxygen atoms in total. The Morgan fingerprint density at radius 3 is 2.62 bits per heavy atom. The molecule has 4 saturated carbocycles. The van der Waals surface area contributed by atoms with Crippen LogP contribution in [0.3, 0.4) is 0 Å². The number of halogens is 4. The van der Waals surface area contributed by atoms with Gasteiger partial charge >= 0.3 is 6.36 Å². The Balaban J connectivity index is 1.08. The van der Waals surface area contributed by atoms with E-state index in [1.165, 1.54) is 12.1 Å². The number of nitrogens with one attached hydrogen (secondary N) is 1. The van der Waals surface area contributed by atoms with Crippen LogP contribution in [-0.2, 0) is 19.8 Å². The quantitative estimate of drug-likeness (QED) is 0.648. The van der Waals surface area contributed by atoms with Crippen LogP contribution in [0.4, 0.5) is 17.6 Å². The minimum Gasteiger partial charge on any atom is -0.368 e. The molecule has 0 spiro atoms. The predicted octanol–water partition coefficient (Wildman–Crippen LogP) is 3.83. The number of nitrogens with zero attached hydrogens (tertiary/aromatic N) is 2. The molecule has 0 unspecified atom stereocenters. The van der Waals surface area contributed by atoms with Gasteiger partial charge in [-0.1, -0.05) is 0 Å². The first kappa shape index (κ1) is 21.4. The summed E-state index contributed by atoms with van der Waals surface area (Å²) in [5.41, 5.74) is 2.17. The zero-order chi connectivity index (χ0) is 22.7. The van der Waals surface area contributed by atoms with Crippen molar-refractivity contribution < 1.29 is 31.8 Å². The Morgan fingerprint density at radius 1 is 1.25 bits per heavy atom. The Hall–Kier alpha value is -2.46. The lowest BCUT2D eigenvalue weighted by molar-refractivity contribution is -0.357.